The first-order valence-electron chi connectivity index (χ1n) is 11.5. The van der Waals surface area contributed by atoms with Gasteiger partial charge in [0, 0.05) is 28.3 Å². The second kappa shape index (κ2) is 8.45. The largest absolute Gasteiger partial charge is 0.476 e. The molecule has 1 aliphatic carbocycles. The number of rotatable bonds is 6. The zero-order valence-corrected chi connectivity index (χ0v) is 19.4. The summed E-state index contributed by atoms with van der Waals surface area (Å²) < 4.78 is 6.37. The van der Waals surface area contributed by atoms with E-state index in [0.29, 0.717) is 33.9 Å². The summed E-state index contributed by atoms with van der Waals surface area (Å²) >= 11 is 0. The molecule has 1 saturated carbocycles. The minimum atomic E-state index is -1.07. The smallest absolute Gasteiger partial charge is 0.356 e. The fourth-order valence-corrected chi connectivity index (χ4v) is 4.43. The van der Waals surface area contributed by atoms with Gasteiger partial charge in [-0.2, -0.15) is 0 Å². The maximum Gasteiger partial charge on any atom is 0.356 e. The summed E-state index contributed by atoms with van der Waals surface area (Å²) in [6.45, 7) is 5.64. The van der Waals surface area contributed by atoms with Crippen molar-refractivity contribution in [3.8, 4) is 11.3 Å². The summed E-state index contributed by atoms with van der Waals surface area (Å²) in [5.74, 6) is -0.170. The van der Waals surface area contributed by atoms with Gasteiger partial charge in [-0.3, -0.25) is 4.79 Å². The van der Waals surface area contributed by atoms with Crippen molar-refractivity contribution < 1.29 is 14.3 Å². The van der Waals surface area contributed by atoms with E-state index in [4.69, 9.17) is 4.42 Å². The molecule has 1 unspecified atom stereocenters. The van der Waals surface area contributed by atoms with Gasteiger partial charge in [0.1, 0.15) is 11.3 Å². The van der Waals surface area contributed by atoms with E-state index < -0.39 is 5.97 Å². The van der Waals surface area contributed by atoms with E-state index >= 15 is 0 Å². The molecule has 2 heterocycles. The zero-order chi connectivity index (χ0) is 24.0. The topological polar surface area (TPSA) is 92.4 Å². The highest BCUT2D eigenvalue weighted by Gasteiger charge is 2.27. The van der Waals surface area contributed by atoms with E-state index in [9.17, 15) is 14.7 Å². The van der Waals surface area contributed by atoms with Crippen LogP contribution < -0.4 is 10.7 Å². The number of hydrogen-bond acceptors (Lipinski definition) is 5. The molecule has 0 saturated heterocycles. The molecule has 172 valence electrons. The average molecular weight is 455 g/mol. The van der Waals surface area contributed by atoms with Crippen molar-refractivity contribution in [1.82, 2.24) is 4.98 Å². The van der Waals surface area contributed by atoms with Crippen molar-refractivity contribution in [2.45, 2.75) is 45.6 Å². The number of pyridine rings is 1. The van der Waals surface area contributed by atoms with Gasteiger partial charge >= 0.3 is 5.97 Å². The predicted octanol–water partition coefficient (Wildman–Crippen LogP) is 6.22. The molecule has 1 atom stereocenters. The van der Waals surface area contributed by atoms with Crippen LogP contribution in [-0.4, -0.2) is 16.1 Å². The van der Waals surface area contributed by atoms with Crippen LogP contribution in [-0.2, 0) is 0 Å². The maximum atomic E-state index is 13.3. The fraction of sp³-hybridized carbons (Fsp3) is 0.250. The van der Waals surface area contributed by atoms with Crippen LogP contribution in [0.15, 0.2) is 63.8 Å². The van der Waals surface area contributed by atoms with Gasteiger partial charge in [0.2, 0.25) is 0 Å². The van der Waals surface area contributed by atoms with Crippen LogP contribution in [0.3, 0.4) is 0 Å². The van der Waals surface area contributed by atoms with E-state index in [0.717, 1.165) is 35.2 Å². The molecule has 0 bridgehead atoms. The molecule has 0 spiro atoms. The van der Waals surface area contributed by atoms with Crippen LogP contribution in [0.1, 0.15) is 64.6 Å². The van der Waals surface area contributed by atoms with E-state index in [1.807, 2.05) is 62.4 Å². The molecule has 1 aliphatic rings. The van der Waals surface area contributed by atoms with Gasteiger partial charge in [0.05, 0.1) is 17.1 Å². The highest BCUT2D eigenvalue weighted by Crippen LogP contribution is 2.40. The Hall–Kier alpha value is -3.93. The molecule has 6 heteroatoms. The van der Waals surface area contributed by atoms with Crippen molar-refractivity contribution >= 4 is 22.6 Å². The Morgan fingerprint density at radius 2 is 1.85 bits per heavy atom. The summed E-state index contributed by atoms with van der Waals surface area (Å²) in [7, 11) is 0. The Balaban J connectivity index is 1.61. The van der Waals surface area contributed by atoms with Gasteiger partial charge in [0.25, 0.3) is 0 Å². The second-order valence-electron chi connectivity index (χ2n) is 9.06. The third kappa shape index (κ3) is 3.96. The van der Waals surface area contributed by atoms with E-state index in [1.165, 1.54) is 0 Å². The van der Waals surface area contributed by atoms with Gasteiger partial charge in [-0.25, -0.2) is 9.78 Å². The number of nitrogens with zero attached hydrogens (tertiary/aromatic N) is 1. The molecule has 1 fully saturated rings. The van der Waals surface area contributed by atoms with Crippen molar-refractivity contribution in [3.05, 3.63) is 92.9 Å². The van der Waals surface area contributed by atoms with Crippen molar-refractivity contribution in [2.75, 3.05) is 5.32 Å². The van der Waals surface area contributed by atoms with Crippen LogP contribution >= 0.6 is 0 Å². The molecular weight excluding hydrogens is 428 g/mol. The Labute approximate surface area is 197 Å². The van der Waals surface area contributed by atoms with Crippen LogP contribution in [0.25, 0.3) is 22.3 Å². The lowest BCUT2D eigenvalue weighted by Crippen LogP contribution is -2.15. The van der Waals surface area contributed by atoms with Crippen molar-refractivity contribution in [3.63, 3.8) is 0 Å². The van der Waals surface area contributed by atoms with Crippen LogP contribution in [0.2, 0.25) is 0 Å². The first-order valence-corrected chi connectivity index (χ1v) is 11.5. The summed E-state index contributed by atoms with van der Waals surface area (Å²) in [5.41, 5.74) is 4.81. The quantitative estimate of drug-likeness (QED) is 0.359. The fourth-order valence-electron chi connectivity index (χ4n) is 4.43. The summed E-state index contributed by atoms with van der Waals surface area (Å²) in [5, 5.41) is 13.6. The van der Waals surface area contributed by atoms with Gasteiger partial charge in [0.15, 0.2) is 11.1 Å². The summed E-state index contributed by atoms with van der Waals surface area (Å²) in [6.07, 6.45) is 2.10. The van der Waals surface area contributed by atoms with Crippen LogP contribution in [0, 0.1) is 13.8 Å². The summed E-state index contributed by atoms with van der Waals surface area (Å²) in [4.78, 5) is 29.6. The van der Waals surface area contributed by atoms with Crippen LogP contribution in [0.5, 0.6) is 0 Å². The molecule has 2 N–H and O–H groups in total. The highest BCUT2D eigenvalue weighted by atomic mass is 16.4. The molecule has 34 heavy (non-hydrogen) atoms. The number of carboxylic acid groups (broad SMARTS) is 1. The average Bonchev–Trinajstić information content (AvgIpc) is 3.67. The van der Waals surface area contributed by atoms with Crippen molar-refractivity contribution in [2.24, 2.45) is 0 Å². The zero-order valence-electron chi connectivity index (χ0n) is 19.4. The van der Waals surface area contributed by atoms with Gasteiger partial charge in [-0.05, 0) is 57.4 Å². The Kier molecular flexibility index (Phi) is 5.44. The maximum absolute atomic E-state index is 13.3. The molecule has 0 radical (unpaired) electrons. The number of anilines is 1. The van der Waals surface area contributed by atoms with E-state index in [-0.39, 0.29) is 17.2 Å². The number of aromatic carboxylic acids is 1. The minimum Gasteiger partial charge on any atom is -0.476 e. The standard InChI is InChI=1S/C28H26N2O4/c1-15-13-20(17(3)29-23-12-11-22(18-9-10-18)30-24(23)28(32)33)27-21(14-15)25(31)16(2)26(34-27)19-7-5-4-6-8-19/h4-8,11-14,17-18,29H,9-10H2,1-3H3,(H,32,33). The van der Waals surface area contributed by atoms with Gasteiger partial charge in [-0.15, -0.1) is 0 Å². The molecule has 0 aliphatic heterocycles. The number of fused-ring (bicyclic) bond motifs is 1. The number of nitrogens with one attached hydrogen (secondary N) is 1. The molecule has 6 nitrogen and oxygen atoms in total. The lowest BCUT2D eigenvalue weighted by atomic mass is 9.98. The SMILES string of the molecule is Cc1cc(C(C)Nc2ccc(C3CC3)nc2C(=O)O)c2oc(-c3ccccc3)c(C)c(=O)c2c1. The predicted molar refractivity (Wildman–Crippen MR) is 133 cm³/mol. The number of benzene rings is 2. The minimum absolute atomic E-state index is 0.00970. The summed E-state index contributed by atoms with van der Waals surface area (Å²) in [6, 6.07) is 16.7. The molecule has 2 aromatic heterocycles. The highest BCUT2D eigenvalue weighted by molar-refractivity contribution is 5.92. The monoisotopic (exact) mass is 454 g/mol. The number of hydrogen-bond donors (Lipinski definition) is 2. The lowest BCUT2D eigenvalue weighted by molar-refractivity contribution is 0.0691. The number of aryl methyl sites for hydroxylation is 1. The molecular formula is C28H26N2O4. The number of carbonyl (C=O) groups is 1. The second-order valence-corrected chi connectivity index (χ2v) is 9.06. The lowest BCUT2D eigenvalue weighted by Gasteiger charge is -2.20. The molecule has 5 rings (SSSR count). The first-order chi connectivity index (χ1) is 16.3. The van der Waals surface area contributed by atoms with E-state index in [1.54, 1.807) is 13.0 Å². The molecule has 0 amide bonds. The third-order valence-electron chi connectivity index (χ3n) is 6.38. The van der Waals surface area contributed by atoms with Gasteiger partial charge < -0.3 is 14.8 Å². The normalized spacial score (nSPS) is 14.2. The van der Waals surface area contributed by atoms with Crippen molar-refractivity contribution in [1.29, 1.82) is 0 Å². The Bertz CT molecular complexity index is 1470. The third-order valence-corrected chi connectivity index (χ3v) is 6.38. The van der Waals surface area contributed by atoms with Gasteiger partial charge in [-0.1, -0.05) is 36.4 Å². The Morgan fingerprint density at radius 1 is 1.12 bits per heavy atom. The molecule has 2 aromatic carbocycles. The molecule has 4 aromatic rings. The van der Waals surface area contributed by atoms with E-state index in [2.05, 4.69) is 10.3 Å². The number of aromatic nitrogens is 1. The number of carboxylic acids is 1. The Morgan fingerprint density at radius 3 is 2.53 bits per heavy atom. The first kappa shape index (κ1) is 21.9. The van der Waals surface area contributed by atoms with Crippen LogP contribution in [0.4, 0.5) is 5.69 Å².